The van der Waals surface area contributed by atoms with E-state index in [9.17, 15) is 14.0 Å². The molecule has 1 saturated carbocycles. The van der Waals surface area contributed by atoms with Gasteiger partial charge in [-0.05, 0) is 61.6 Å². The number of benzene rings is 3. The number of anilines is 1. The molecule has 4 aromatic rings. The predicted octanol–water partition coefficient (Wildman–Crippen LogP) is 9.43. The standard InChI is InChI=1S/C31H26Cl2FNO4S/c1-3-38-29(36)31(14-15-31)20-10-8-19(9-11-20)23-6-4-5-7-24(23)28-26(17-27(33)40-28)35-30(37)39-18(2)22-13-12-21(34)16-25(22)32/h4-13,16-18H,3,14-15H2,1-2H3,(H,35,37). The lowest BCUT2D eigenvalue weighted by atomic mass is 9.92. The number of rotatable bonds is 8. The van der Waals surface area contributed by atoms with Crippen molar-refractivity contribution in [3.05, 3.63) is 99.1 Å². The molecular weight excluding hydrogens is 572 g/mol. The van der Waals surface area contributed by atoms with Crippen LogP contribution in [0.25, 0.3) is 21.6 Å². The van der Waals surface area contributed by atoms with Crippen LogP contribution in [0.15, 0.2) is 72.8 Å². The maximum absolute atomic E-state index is 13.4. The van der Waals surface area contributed by atoms with E-state index in [1.165, 1.54) is 29.5 Å². The Morgan fingerprint density at radius 1 is 1.02 bits per heavy atom. The van der Waals surface area contributed by atoms with Crippen molar-refractivity contribution in [2.45, 2.75) is 38.2 Å². The number of thiophene rings is 1. The summed E-state index contributed by atoms with van der Waals surface area (Å²) in [5, 5.41) is 2.97. The zero-order valence-corrected chi connectivity index (χ0v) is 24.1. The molecule has 5 nitrogen and oxygen atoms in total. The van der Waals surface area contributed by atoms with Crippen molar-refractivity contribution in [3.8, 4) is 21.6 Å². The van der Waals surface area contributed by atoms with Gasteiger partial charge in [0.1, 0.15) is 11.9 Å². The average Bonchev–Trinajstić information content (AvgIpc) is 3.66. The first-order valence-electron chi connectivity index (χ1n) is 12.8. The second-order valence-electron chi connectivity index (χ2n) is 9.56. The minimum absolute atomic E-state index is 0.171. The van der Waals surface area contributed by atoms with Gasteiger partial charge in [-0.1, -0.05) is 77.8 Å². The van der Waals surface area contributed by atoms with Gasteiger partial charge in [-0.2, -0.15) is 0 Å². The molecule has 1 heterocycles. The van der Waals surface area contributed by atoms with Crippen LogP contribution < -0.4 is 5.32 Å². The summed E-state index contributed by atoms with van der Waals surface area (Å²) in [6, 6.07) is 21.4. The maximum atomic E-state index is 13.4. The van der Waals surface area contributed by atoms with Gasteiger partial charge >= 0.3 is 12.1 Å². The Hall–Kier alpha value is -3.39. The summed E-state index contributed by atoms with van der Waals surface area (Å²) >= 11 is 13.9. The Kier molecular flexibility index (Phi) is 8.17. The number of ether oxygens (including phenoxy) is 2. The third-order valence-electron chi connectivity index (χ3n) is 6.96. The van der Waals surface area contributed by atoms with E-state index in [0.717, 1.165) is 40.0 Å². The SMILES string of the molecule is CCOC(=O)C1(c2ccc(-c3ccccc3-c3sc(Cl)cc3NC(=O)OC(C)c3ccc(F)cc3Cl)cc2)CC1. The molecule has 0 radical (unpaired) electrons. The van der Waals surface area contributed by atoms with Gasteiger partial charge in [-0.25, -0.2) is 9.18 Å². The maximum Gasteiger partial charge on any atom is 0.412 e. The largest absolute Gasteiger partial charge is 0.465 e. The van der Waals surface area contributed by atoms with Crippen molar-refractivity contribution in [1.29, 1.82) is 0 Å². The van der Waals surface area contributed by atoms with E-state index in [0.29, 0.717) is 22.2 Å². The predicted molar refractivity (Wildman–Crippen MR) is 158 cm³/mol. The molecular formula is C31H26Cl2FNO4S. The number of halogens is 3. The van der Waals surface area contributed by atoms with Gasteiger partial charge < -0.3 is 9.47 Å². The summed E-state index contributed by atoms with van der Waals surface area (Å²) in [6.45, 7) is 3.83. The van der Waals surface area contributed by atoms with E-state index in [2.05, 4.69) is 5.32 Å². The fraction of sp³-hybridized carbons (Fsp3) is 0.226. The molecule has 1 aromatic heterocycles. The Labute approximate surface area is 245 Å². The zero-order chi connectivity index (χ0) is 28.4. The highest BCUT2D eigenvalue weighted by Crippen LogP contribution is 2.50. The molecule has 3 aromatic carbocycles. The Morgan fingerprint density at radius 2 is 1.73 bits per heavy atom. The van der Waals surface area contributed by atoms with Crippen molar-refractivity contribution in [1.82, 2.24) is 0 Å². The van der Waals surface area contributed by atoms with Gasteiger partial charge in [0.05, 0.1) is 31.9 Å². The third kappa shape index (κ3) is 5.73. The number of carbonyl (C=O) groups excluding carboxylic acids is 2. The van der Waals surface area contributed by atoms with Gasteiger partial charge in [0.2, 0.25) is 0 Å². The fourth-order valence-corrected chi connectivity index (χ4v) is 6.30. The number of carbonyl (C=O) groups is 2. The zero-order valence-electron chi connectivity index (χ0n) is 21.8. The number of hydrogen-bond donors (Lipinski definition) is 1. The first-order valence-corrected chi connectivity index (χ1v) is 14.4. The first-order chi connectivity index (χ1) is 19.2. The second-order valence-corrected chi connectivity index (χ2v) is 11.6. The van der Waals surface area contributed by atoms with E-state index in [1.54, 1.807) is 13.0 Å². The lowest BCUT2D eigenvalue weighted by Crippen LogP contribution is -2.23. The van der Waals surface area contributed by atoms with Gasteiger partial charge in [-0.3, -0.25) is 10.1 Å². The van der Waals surface area contributed by atoms with Crippen LogP contribution in [0.5, 0.6) is 0 Å². The number of esters is 1. The van der Waals surface area contributed by atoms with Crippen molar-refractivity contribution >= 4 is 52.3 Å². The summed E-state index contributed by atoms with van der Waals surface area (Å²) in [7, 11) is 0. The molecule has 1 amide bonds. The molecule has 40 heavy (non-hydrogen) atoms. The molecule has 0 spiro atoms. The Morgan fingerprint density at radius 3 is 2.38 bits per heavy atom. The van der Waals surface area contributed by atoms with Gasteiger partial charge in [-0.15, -0.1) is 11.3 Å². The van der Waals surface area contributed by atoms with Crippen LogP contribution in [0.2, 0.25) is 9.36 Å². The molecule has 0 aliphatic heterocycles. The lowest BCUT2D eigenvalue weighted by Gasteiger charge is -2.17. The van der Waals surface area contributed by atoms with E-state index < -0.39 is 23.4 Å². The molecule has 0 bridgehead atoms. The highest BCUT2D eigenvalue weighted by atomic mass is 35.5. The van der Waals surface area contributed by atoms with Crippen molar-refractivity contribution in [2.24, 2.45) is 0 Å². The Bertz CT molecular complexity index is 1570. The van der Waals surface area contributed by atoms with Crippen molar-refractivity contribution in [3.63, 3.8) is 0 Å². The van der Waals surface area contributed by atoms with Crippen LogP contribution in [-0.2, 0) is 19.7 Å². The highest BCUT2D eigenvalue weighted by molar-refractivity contribution is 7.20. The smallest absolute Gasteiger partial charge is 0.412 e. The fourth-order valence-electron chi connectivity index (χ4n) is 4.76. The van der Waals surface area contributed by atoms with Crippen LogP contribution in [0, 0.1) is 5.82 Å². The topological polar surface area (TPSA) is 64.6 Å². The van der Waals surface area contributed by atoms with Crippen LogP contribution in [0.4, 0.5) is 14.9 Å². The quantitative estimate of drug-likeness (QED) is 0.205. The molecule has 9 heteroatoms. The molecule has 5 rings (SSSR count). The normalized spacial score (nSPS) is 14.3. The number of amides is 1. The number of hydrogen-bond acceptors (Lipinski definition) is 5. The van der Waals surface area contributed by atoms with E-state index in [-0.39, 0.29) is 11.0 Å². The highest BCUT2D eigenvalue weighted by Gasteiger charge is 2.52. The van der Waals surface area contributed by atoms with Crippen LogP contribution in [0.3, 0.4) is 0 Å². The van der Waals surface area contributed by atoms with Crippen molar-refractivity contribution in [2.75, 3.05) is 11.9 Å². The van der Waals surface area contributed by atoms with Crippen LogP contribution in [0.1, 0.15) is 43.9 Å². The van der Waals surface area contributed by atoms with Gasteiger partial charge in [0.15, 0.2) is 0 Å². The summed E-state index contributed by atoms with van der Waals surface area (Å²) < 4.78 is 24.8. The van der Waals surface area contributed by atoms with Crippen LogP contribution in [-0.4, -0.2) is 18.7 Å². The molecule has 1 atom stereocenters. The molecule has 1 fully saturated rings. The summed E-state index contributed by atoms with van der Waals surface area (Å²) in [5.74, 6) is -0.641. The van der Waals surface area contributed by atoms with E-state index in [4.69, 9.17) is 32.7 Å². The van der Waals surface area contributed by atoms with E-state index >= 15 is 0 Å². The van der Waals surface area contributed by atoms with Crippen molar-refractivity contribution < 1.29 is 23.5 Å². The number of nitrogens with one attached hydrogen (secondary N) is 1. The Balaban J connectivity index is 1.38. The molecule has 206 valence electrons. The van der Waals surface area contributed by atoms with Crippen LogP contribution >= 0.6 is 34.5 Å². The second kappa shape index (κ2) is 11.6. The third-order valence-corrected chi connectivity index (χ3v) is 8.58. The summed E-state index contributed by atoms with van der Waals surface area (Å²) in [5.41, 5.74) is 4.18. The average molecular weight is 599 g/mol. The molecule has 1 aliphatic carbocycles. The molecule has 0 saturated heterocycles. The summed E-state index contributed by atoms with van der Waals surface area (Å²) in [6.07, 6.45) is 0.166. The summed E-state index contributed by atoms with van der Waals surface area (Å²) in [4.78, 5) is 26.1. The minimum Gasteiger partial charge on any atom is -0.465 e. The molecule has 1 aliphatic rings. The van der Waals surface area contributed by atoms with Gasteiger partial charge in [0, 0.05) is 11.1 Å². The molecule has 1 unspecified atom stereocenters. The lowest BCUT2D eigenvalue weighted by molar-refractivity contribution is -0.146. The first kappa shape index (κ1) is 28.1. The minimum atomic E-state index is -0.708. The molecule has 1 N–H and O–H groups in total. The van der Waals surface area contributed by atoms with Gasteiger partial charge in [0.25, 0.3) is 0 Å². The monoisotopic (exact) mass is 597 g/mol. The van der Waals surface area contributed by atoms with E-state index in [1.807, 2.05) is 55.5 Å².